The number of rotatable bonds is 10. The molecule has 6 nitrogen and oxygen atoms in total. The summed E-state index contributed by atoms with van der Waals surface area (Å²) in [5.41, 5.74) is 1.20. The zero-order valence-corrected chi connectivity index (χ0v) is 13.2. The molecule has 2 rings (SSSR count). The lowest BCUT2D eigenvalue weighted by Crippen LogP contribution is -2.29. The molecule has 0 spiro atoms. The van der Waals surface area contributed by atoms with Crippen molar-refractivity contribution in [1.82, 2.24) is 5.32 Å². The lowest BCUT2D eigenvalue weighted by atomic mass is 9.93. The third-order valence-electron chi connectivity index (χ3n) is 3.32. The second-order valence-corrected chi connectivity index (χ2v) is 4.94. The molecule has 0 heterocycles. The van der Waals surface area contributed by atoms with E-state index < -0.39 is 0 Å². The van der Waals surface area contributed by atoms with E-state index in [0.717, 1.165) is 0 Å². The molecule has 0 saturated heterocycles. The maximum atomic E-state index is 12.3. The number of benzene rings is 1. The van der Waals surface area contributed by atoms with Gasteiger partial charge in [-0.2, -0.15) is 0 Å². The molecule has 1 aliphatic carbocycles. The number of methoxy groups -OCH3 is 1. The normalized spacial score (nSPS) is 13.7. The van der Waals surface area contributed by atoms with Gasteiger partial charge in [0.15, 0.2) is 5.78 Å². The topological polar surface area (TPSA) is 73.9 Å². The molecule has 0 amide bonds. The van der Waals surface area contributed by atoms with E-state index >= 15 is 0 Å². The molecule has 0 fully saturated rings. The van der Waals surface area contributed by atoms with E-state index in [0.29, 0.717) is 56.4 Å². The van der Waals surface area contributed by atoms with Crippen molar-refractivity contribution >= 4 is 11.6 Å². The Hall–Kier alpha value is -2.02. The Morgan fingerprint density at radius 1 is 0.913 bits per heavy atom. The number of hydrogen-bond donors (Lipinski definition) is 1. The summed E-state index contributed by atoms with van der Waals surface area (Å²) in [4.78, 5) is 24.2. The summed E-state index contributed by atoms with van der Waals surface area (Å²) in [5, 5.41) is 2.96. The highest BCUT2D eigenvalue weighted by atomic mass is 16.5. The average Bonchev–Trinajstić information content (AvgIpc) is 2.57. The minimum atomic E-state index is -0.164. The first-order chi connectivity index (χ1) is 11.2. The monoisotopic (exact) mass is 319 g/mol. The Bertz CT molecular complexity index is 582. The summed E-state index contributed by atoms with van der Waals surface area (Å²) < 4.78 is 15.5. The van der Waals surface area contributed by atoms with Gasteiger partial charge in [-0.15, -0.1) is 0 Å². The average molecular weight is 319 g/mol. The van der Waals surface area contributed by atoms with Gasteiger partial charge in [0.2, 0.25) is 5.78 Å². The molecule has 23 heavy (non-hydrogen) atoms. The SMILES string of the molecule is COCCOCCOCCNC1=CC(=O)c2ccccc2C1=O. The van der Waals surface area contributed by atoms with Crippen LogP contribution in [0.2, 0.25) is 0 Å². The maximum Gasteiger partial charge on any atom is 0.209 e. The fourth-order valence-electron chi connectivity index (χ4n) is 2.17. The summed E-state index contributed by atoms with van der Waals surface area (Å²) in [7, 11) is 1.62. The number of hydrogen-bond acceptors (Lipinski definition) is 6. The summed E-state index contributed by atoms with van der Waals surface area (Å²) in [6.07, 6.45) is 1.35. The molecule has 0 atom stereocenters. The largest absolute Gasteiger partial charge is 0.382 e. The van der Waals surface area contributed by atoms with Gasteiger partial charge >= 0.3 is 0 Å². The lowest BCUT2D eigenvalue weighted by Gasteiger charge is -2.16. The highest BCUT2D eigenvalue weighted by Crippen LogP contribution is 2.19. The van der Waals surface area contributed by atoms with Crippen LogP contribution >= 0.6 is 0 Å². The minimum absolute atomic E-state index is 0.157. The predicted octanol–water partition coefficient (Wildman–Crippen LogP) is 1.22. The van der Waals surface area contributed by atoms with Gasteiger partial charge in [0.05, 0.1) is 38.7 Å². The molecule has 0 aliphatic heterocycles. The number of ketones is 2. The zero-order chi connectivity index (χ0) is 16.5. The van der Waals surface area contributed by atoms with Gasteiger partial charge in [-0.1, -0.05) is 24.3 Å². The van der Waals surface area contributed by atoms with E-state index in [1.165, 1.54) is 6.08 Å². The molecule has 0 bridgehead atoms. The number of ether oxygens (including phenoxy) is 3. The Morgan fingerprint density at radius 3 is 2.30 bits per heavy atom. The van der Waals surface area contributed by atoms with Crippen molar-refractivity contribution in [3.8, 4) is 0 Å². The lowest BCUT2D eigenvalue weighted by molar-refractivity contribution is 0.0259. The van der Waals surface area contributed by atoms with Crippen molar-refractivity contribution in [2.75, 3.05) is 46.7 Å². The highest BCUT2D eigenvalue weighted by molar-refractivity contribution is 6.24. The summed E-state index contributed by atoms with van der Waals surface area (Å²) >= 11 is 0. The number of nitrogens with one attached hydrogen (secondary N) is 1. The molecule has 6 heteroatoms. The molecule has 124 valence electrons. The quantitative estimate of drug-likeness (QED) is 0.654. The third-order valence-corrected chi connectivity index (χ3v) is 3.32. The van der Waals surface area contributed by atoms with Crippen molar-refractivity contribution in [3.05, 3.63) is 47.2 Å². The molecule has 0 saturated carbocycles. The molecule has 1 aliphatic rings. The number of carbonyl (C=O) groups excluding carboxylic acids is 2. The molecule has 1 aromatic carbocycles. The van der Waals surface area contributed by atoms with Crippen molar-refractivity contribution in [2.24, 2.45) is 0 Å². The first-order valence-corrected chi connectivity index (χ1v) is 7.52. The molecule has 0 unspecified atom stereocenters. The van der Waals surface area contributed by atoms with Gasteiger partial charge in [-0.25, -0.2) is 0 Å². The summed E-state index contributed by atoms with van der Waals surface area (Å²) in [5.74, 6) is -0.321. The van der Waals surface area contributed by atoms with Crippen molar-refractivity contribution < 1.29 is 23.8 Å². The maximum absolute atomic E-state index is 12.3. The van der Waals surface area contributed by atoms with E-state index in [2.05, 4.69) is 5.32 Å². The number of carbonyl (C=O) groups is 2. The Labute approximate surface area is 135 Å². The van der Waals surface area contributed by atoms with Gasteiger partial charge in [-0.05, 0) is 0 Å². The third kappa shape index (κ3) is 4.99. The van der Waals surface area contributed by atoms with Crippen LogP contribution in [0.25, 0.3) is 0 Å². The van der Waals surface area contributed by atoms with Crippen LogP contribution in [0.3, 0.4) is 0 Å². The Morgan fingerprint density at radius 2 is 1.57 bits per heavy atom. The van der Waals surface area contributed by atoms with Crippen LogP contribution in [0, 0.1) is 0 Å². The second kappa shape index (κ2) is 9.19. The predicted molar refractivity (Wildman–Crippen MR) is 84.7 cm³/mol. The number of allylic oxidation sites excluding steroid dienone is 2. The van der Waals surface area contributed by atoms with Crippen molar-refractivity contribution in [3.63, 3.8) is 0 Å². The van der Waals surface area contributed by atoms with Crippen LogP contribution < -0.4 is 5.32 Å². The first kappa shape index (κ1) is 17.3. The van der Waals surface area contributed by atoms with Crippen LogP contribution in [-0.4, -0.2) is 58.3 Å². The smallest absolute Gasteiger partial charge is 0.209 e. The van der Waals surface area contributed by atoms with E-state index in [1.54, 1.807) is 31.4 Å². The highest BCUT2D eigenvalue weighted by Gasteiger charge is 2.24. The summed E-state index contributed by atoms with van der Waals surface area (Å²) in [6, 6.07) is 6.83. The van der Waals surface area contributed by atoms with Crippen LogP contribution in [0.15, 0.2) is 36.0 Å². The van der Waals surface area contributed by atoms with E-state index in [-0.39, 0.29) is 11.6 Å². The van der Waals surface area contributed by atoms with Crippen LogP contribution in [-0.2, 0) is 14.2 Å². The van der Waals surface area contributed by atoms with Gasteiger partial charge in [0.1, 0.15) is 0 Å². The molecular weight excluding hydrogens is 298 g/mol. The zero-order valence-electron chi connectivity index (χ0n) is 13.2. The van der Waals surface area contributed by atoms with Gasteiger partial charge in [0.25, 0.3) is 0 Å². The van der Waals surface area contributed by atoms with E-state index in [1.807, 2.05) is 0 Å². The number of Topliss-reactive ketones (excluding diaryl/α,β-unsaturated/α-hetero) is 1. The van der Waals surface area contributed by atoms with Crippen LogP contribution in [0.1, 0.15) is 20.7 Å². The molecular formula is C17H21NO5. The molecule has 1 aromatic rings. The number of fused-ring (bicyclic) bond motifs is 1. The van der Waals surface area contributed by atoms with Crippen molar-refractivity contribution in [1.29, 1.82) is 0 Å². The fourth-order valence-corrected chi connectivity index (χ4v) is 2.17. The van der Waals surface area contributed by atoms with Gasteiger partial charge in [-0.3, -0.25) is 9.59 Å². The standard InChI is InChI=1S/C17H21NO5/c1-21-8-9-23-11-10-22-7-6-18-15-12-16(19)13-4-2-3-5-14(13)17(15)20/h2-5,12,18H,6-11H2,1H3. The molecule has 0 radical (unpaired) electrons. The molecule has 1 N–H and O–H groups in total. The summed E-state index contributed by atoms with van der Waals surface area (Å²) in [6.45, 7) is 2.95. The van der Waals surface area contributed by atoms with Gasteiger partial charge in [0, 0.05) is 30.9 Å². The second-order valence-electron chi connectivity index (χ2n) is 4.94. The van der Waals surface area contributed by atoms with E-state index in [4.69, 9.17) is 14.2 Å². The fraction of sp³-hybridized carbons (Fsp3) is 0.412. The first-order valence-electron chi connectivity index (χ1n) is 7.52. The van der Waals surface area contributed by atoms with Crippen LogP contribution in [0.4, 0.5) is 0 Å². The Kier molecular flexibility index (Phi) is 6.93. The Balaban J connectivity index is 1.69. The van der Waals surface area contributed by atoms with Crippen molar-refractivity contribution in [2.45, 2.75) is 0 Å². The minimum Gasteiger partial charge on any atom is -0.382 e. The van der Waals surface area contributed by atoms with Crippen LogP contribution in [0.5, 0.6) is 0 Å². The van der Waals surface area contributed by atoms with E-state index in [9.17, 15) is 9.59 Å². The van der Waals surface area contributed by atoms with Gasteiger partial charge < -0.3 is 19.5 Å². The molecule has 0 aromatic heterocycles.